The van der Waals surface area contributed by atoms with Crippen molar-refractivity contribution in [3.8, 4) is 0 Å². The SMILES string of the molecule is C1=C[NH+]2N=C(Nc3ccc4cnn(Cc5ccccc5)c4c3)N=C2C=N1.[Cl-]. The van der Waals surface area contributed by atoms with Gasteiger partial charge in [-0.2, -0.15) is 10.1 Å². The predicted octanol–water partition coefficient (Wildman–Crippen LogP) is -1.38. The number of guanidine groups is 1. The number of anilines is 1. The summed E-state index contributed by atoms with van der Waals surface area (Å²) in [4.78, 5) is 8.54. The lowest BCUT2D eigenvalue weighted by atomic mass is 10.2. The number of fused-ring (bicyclic) bond motifs is 2. The molecule has 1 unspecified atom stereocenters. The number of hydrogen-bond donors (Lipinski definition) is 2. The van der Waals surface area contributed by atoms with Gasteiger partial charge in [-0.05, 0) is 28.9 Å². The largest absolute Gasteiger partial charge is 1.00 e. The molecule has 1 aromatic heterocycles. The maximum absolute atomic E-state index is 4.52. The van der Waals surface area contributed by atoms with Gasteiger partial charge in [-0.3, -0.25) is 9.67 Å². The smallest absolute Gasteiger partial charge is 0.286 e. The lowest BCUT2D eigenvalue weighted by Crippen LogP contribution is -3.05. The highest BCUT2D eigenvalue weighted by Crippen LogP contribution is 2.20. The average molecular weight is 378 g/mol. The van der Waals surface area contributed by atoms with E-state index >= 15 is 0 Å². The summed E-state index contributed by atoms with van der Waals surface area (Å²) in [6.45, 7) is 0.732. The van der Waals surface area contributed by atoms with Crippen LogP contribution in [0, 0.1) is 0 Å². The fourth-order valence-corrected chi connectivity index (χ4v) is 3.03. The Labute approximate surface area is 161 Å². The number of aromatic nitrogens is 2. The zero-order valence-electron chi connectivity index (χ0n) is 14.2. The third-order valence-corrected chi connectivity index (χ3v) is 4.31. The van der Waals surface area contributed by atoms with Crippen LogP contribution >= 0.6 is 0 Å². The second kappa shape index (κ2) is 7.14. The highest BCUT2D eigenvalue weighted by atomic mass is 35.5. The van der Waals surface area contributed by atoms with Crippen LogP contribution in [0.5, 0.6) is 0 Å². The Hall–Kier alpha value is -3.29. The number of amidine groups is 1. The van der Waals surface area contributed by atoms with E-state index in [2.05, 4.69) is 49.8 Å². The van der Waals surface area contributed by atoms with Crippen LogP contribution in [-0.2, 0) is 6.54 Å². The van der Waals surface area contributed by atoms with Crippen molar-refractivity contribution in [3.63, 3.8) is 0 Å². The Morgan fingerprint density at radius 1 is 1.07 bits per heavy atom. The van der Waals surface area contributed by atoms with Crippen LogP contribution < -0.4 is 22.7 Å². The molecule has 1 atom stereocenters. The van der Waals surface area contributed by atoms with Gasteiger partial charge >= 0.3 is 0 Å². The Morgan fingerprint density at radius 2 is 1.96 bits per heavy atom. The predicted molar refractivity (Wildman–Crippen MR) is 102 cm³/mol. The molecule has 134 valence electrons. The van der Waals surface area contributed by atoms with Crippen molar-refractivity contribution in [1.82, 2.24) is 9.78 Å². The standard InChI is InChI=1S/C19H15N7.ClH/c1-2-4-14(5-3-1)13-26-17-10-16(7-6-15(17)11-21-26)22-19-23-18-12-20-8-9-25(18)24-19;/h1-12H,13H2,(H,22,24);1H. The first-order valence-corrected chi connectivity index (χ1v) is 8.36. The van der Waals surface area contributed by atoms with Crippen molar-refractivity contribution in [2.24, 2.45) is 15.1 Å². The first-order chi connectivity index (χ1) is 12.8. The first kappa shape index (κ1) is 17.1. The van der Waals surface area contributed by atoms with Crippen LogP contribution in [0.4, 0.5) is 5.69 Å². The molecule has 5 rings (SSSR count). The second-order valence-corrected chi connectivity index (χ2v) is 6.10. The maximum Gasteiger partial charge on any atom is 0.286 e. The van der Waals surface area contributed by atoms with Crippen LogP contribution in [0.25, 0.3) is 10.9 Å². The molecule has 0 saturated carbocycles. The zero-order chi connectivity index (χ0) is 17.3. The number of rotatable bonds is 3. The minimum Gasteiger partial charge on any atom is -1.00 e. The van der Waals surface area contributed by atoms with Gasteiger partial charge < -0.3 is 17.7 Å². The molecular weight excluding hydrogens is 362 g/mol. The van der Waals surface area contributed by atoms with Gasteiger partial charge in [-0.1, -0.05) is 30.3 Å². The fraction of sp³-hybridized carbons (Fsp3) is 0.0526. The molecule has 7 nitrogen and oxygen atoms in total. The summed E-state index contributed by atoms with van der Waals surface area (Å²) in [7, 11) is 0. The molecule has 3 heterocycles. The molecule has 0 spiro atoms. The van der Waals surface area contributed by atoms with Crippen LogP contribution in [0.15, 0.2) is 82.2 Å². The molecule has 2 aromatic carbocycles. The van der Waals surface area contributed by atoms with Gasteiger partial charge in [0.15, 0.2) is 0 Å². The summed E-state index contributed by atoms with van der Waals surface area (Å²) < 4.78 is 2.00. The van der Waals surface area contributed by atoms with E-state index in [0.29, 0.717) is 5.96 Å². The Bertz CT molecular complexity index is 1100. The van der Waals surface area contributed by atoms with Crippen LogP contribution in [0.1, 0.15) is 5.56 Å². The van der Waals surface area contributed by atoms with Crippen molar-refractivity contribution in [2.45, 2.75) is 6.54 Å². The van der Waals surface area contributed by atoms with Crippen molar-refractivity contribution in [2.75, 3.05) is 5.32 Å². The summed E-state index contributed by atoms with van der Waals surface area (Å²) in [5.74, 6) is 1.35. The molecule has 3 aromatic rings. The maximum atomic E-state index is 4.52. The molecule has 0 bridgehead atoms. The number of aliphatic imine (C=N–C) groups is 2. The summed E-state index contributed by atoms with van der Waals surface area (Å²) in [6.07, 6.45) is 7.17. The quantitative estimate of drug-likeness (QED) is 0.591. The molecule has 0 fully saturated rings. The van der Waals surface area contributed by atoms with Crippen LogP contribution in [0.3, 0.4) is 0 Å². The Balaban J connectivity index is 0.00000180. The minimum atomic E-state index is 0. The molecule has 0 radical (unpaired) electrons. The molecule has 0 saturated heterocycles. The number of quaternary nitrogens is 1. The number of nitrogens with zero attached hydrogens (tertiary/aromatic N) is 5. The molecule has 2 N–H and O–H groups in total. The molecule has 8 heteroatoms. The van der Waals surface area contributed by atoms with E-state index in [0.717, 1.165) is 34.0 Å². The van der Waals surface area contributed by atoms with E-state index in [1.54, 1.807) is 12.4 Å². The summed E-state index contributed by atoms with van der Waals surface area (Å²) in [5.41, 5.74) is 3.21. The Morgan fingerprint density at radius 3 is 2.81 bits per heavy atom. The van der Waals surface area contributed by atoms with E-state index in [1.165, 1.54) is 5.56 Å². The zero-order valence-corrected chi connectivity index (χ0v) is 15.0. The van der Waals surface area contributed by atoms with Gasteiger partial charge in [0.05, 0.1) is 24.5 Å². The van der Waals surface area contributed by atoms with Crippen LogP contribution in [-0.4, -0.2) is 27.8 Å². The second-order valence-electron chi connectivity index (χ2n) is 6.10. The molecule has 0 aliphatic carbocycles. The number of halogens is 1. The van der Waals surface area contributed by atoms with Crippen molar-refractivity contribution in [1.29, 1.82) is 0 Å². The average Bonchev–Trinajstić information content (AvgIpc) is 3.26. The van der Waals surface area contributed by atoms with Gasteiger partial charge in [0, 0.05) is 11.1 Å². The minimum absolute atomic E-state index is 0. The van der Waals surface area contributed by atoms with Gasteiger partial charge in [0.2, 0.25) is 0 Å². The normalized spacial score (nSPS) is 17.3. The van der Waals surface area contributed by atoms with Crippen molar-refractivity contribution in [3.05, 3.63) is 72.7 Å². The molecule has 2 aliphatic rings. The number of hydrogen-bond acceptors (Lipinski definition) is 5. The molecular formula is C19H16ClN7. The van der Waals surface area contributed by atoms with Crippen molar-refractivity contribution >= 4 is 34.6 Å². The third kappa shape index (κ3) is 3.38. The third-order valence-electron chi connectivity index (χ3n) is 4.31. The fourth-order valence-electron chi connectivity index (χ4n) is 3.03. The van der Waals surface area contributed by atoms with Crippen LogP contribution in [0.2, 0.25) is 0 Å². The number of nitrogens with one attached hydrogen (secondary N) is 2. The van der Waals surface area contributed by atoms with E-state index < -0.39 is 0 Å². The molecule has 0 amide bonds. The summed E-state index contributed by atoms with van der Waals surface area (Å²) >= 11 is 0. The monoisotopic (exact) mass is 377 g/mol. The lowest BCUT2D eigenvalue weighted by molar-refractivity contribution is -0.748. The highest BCUT2D eigenvalue weighted by Gasteiger charge is 2.24. The lowest BCUT2D eigenvalue weighted by Gasteiger charge is -2.06. The topological polar surface area (TPSA) is 71.4 Å². The van der Waals surface area contributed by atoms with E-state index in [1.807, 2.05) is 41.3 Å². The van der Waals surface area contributed by atoms with Gasteiger partial charge in [0.25, 0.3) is 11.8 Å². The summed E-state index contributed by atoms with van der Waals surface area (Å²) in [6, 6.07) is 16.4. The summed E-state index contributed by atoms with van der Waals surface area (Å²) in [5, 5.41) is 14.2. The van der Waals surface area contributed by atoms with Crippen molar-refractivity contribution < 1.29 is 17.4 Å². The molecule has 27 heavy (non-hydrogen) atoms. The van der Waals surface area contributed by atoms with Gasteiger partial charge in [-0.15, -0.1) is 5.01 Å². The van der Waals surface area contributed by atoms with Gasteiger partial charge in [-0.25, -0.2) is 0 Å². The number of benzene rings is 2. The highest BCUT2D eigenvalue weighted by molar-refractivity contribution is 6.29. The van der Waals surface area contributed by atoms with Gasteiger partial charge in [0.1, 0.15) is 12.4 Å². The molecule has 2 aliphatic heterocycles. The van der Waals surface area contributed by atoms with E-state index in [-0.39, 0.29) is 12.4 Å². The Kier molecular flexibility index (Phi) is 4.53. The van der Waals surface area contributed by atoms with E-state index in [4.69, 9.17) is 0 Å². The van der Waals surface area contributed by atoms with E-state index in [9.17, 15) is 0 Å². The first-order valence-electron chi connectivity index (χ1n) is 8.36.